The van der Waals surface area contributed by atoms with E-state index >= 15 is 0 Å². The first-order chi connectivity index (χ1) is 14.8. The third kappa shape index (κ3) is 5.90. The van der Waals surface area contributed by atoms with Crippen LogP contribution in [0.5, 0.6) is 5.75 Å². The topological polar surface area (TPSA) is 76.4 Å². The number of imidazole rings is 1. The summed E-state index contributed by atoms with van der Waals surface area (Å²) < 4.78 is 7.94. The second-order valence-electron chi connectivity index (χ2n) is 6.63. The van der Waals surface area contributed by atoms with Crippen molar-refractivity contribution >= 4 is 51.6 Å². The first-order valence-electron chi connectivity index (χ1n) is 9.39. The van der Waals surface area contributed by atoms with Gasteiger partial charge in [-0.1, -0.05) is 41.4 Å². The van der Waals surface area contributed by atoms with E-state index in [0.717, 1.165) is 35.2 Å². The van der Waals surface area contributed by atoms with Gasteiger partial charge in [-0.3, -0.25) is 4.79 Å². The Morgan fingerprint density at radius 2 is 1.65 bits per heavy atom. The summed E-state index contributed by atoms with van der Waals surface area (Å²) in [5.74, 6) is 0.805. The molecule has 4 aromatic rings. The molecule has 160 valence electrons. The second-order valence-corrected chi connectivity index (χ2v) is 7.44. The van der Waals surface area contributed by atoms with Crippen LogP contribution in [0.1, 0.15) is 12.7 Å². The molecule has 0 saturated carbocycles. The van der Waals surface area contributed by atoms with E-state index in [-0.39, 0.29) is 0 Å². The van der Waals surface area contributed by atoms with E-state index in [1.54, 1.807) is 12.1 Å². The van der Waals surface area contributed by atoms with E-state index in [1.165, 1.54) is 0 Å². The molecule has 0 fully saturated rings. The monoisotopic (exact) mass is 457 g/mol. The van der Waals surface area contributed by atoms with Crippen molar-refractivity contribution in [1.82, 2.24) is 9.55 Å². The van der Waals surface area contributed by atoms with E-state index in [1.807, 2.05) is 66.2 Å². The van der Waals surface area contributed by atoms with E-state index in [9.17, 15) is 0 Å². The molecule has 0 spiro atoms. The fourth-order valence-electron chi connectivity index (χ4n) is 2.87. The number of carboxylic acid groups (broad SMARTS) is 1. The van der Waals surface area contributed by atoms with Crippen LogP contribution >= 0.6 is 23.2 Å². The number of halogens is 2. The lowest BCUT2D eigenvalue weighted by molar-refractivity contribution is -0.134. The number of hydrogen-bond acceptors (Lipinski definition) is 4. The van der Waals surface area contributed by atoms with Crippen molar-refractivity contribution in [1.29, 1.82) is 0 Å². The maximum atomic E-state index is 9.00. The van der Waals surface area contributed by atoms with Gasteiger partial charge in [0.25, 0.3) is 5.97 Å². The van der Waals surface area contributed by atoms with Gasteiger partial charge in [0, 0.05) is 19.7 Å². The van der Waals surface area contributed by atoms with Crippen molar-refractivity contribution in [3.63, 3.8) is 0 Å². The smallest absolute Gasteiger partial charge is 0.300 e. The highest BCUT2D eigenvalue weighted by Gasteiger charge is 2.08. The Balaban J connectivity index is 0.000000628. The predicted molar refractivity (Wildman–Crippen MR) is 125 cm³/mol. The Hall–Kier alpha value is -3.22. The van der Waals surface area contributed by atoms with Gasteiger partial charge in [0.1, 0.15) is 18.2 Å². The normalized spacial score (nSPS) is 10.3. The van der Waals surface area contributed by atoms with Crippen LogP contribution in [-0.2, 0) is 18.4 Å². The SMILES string of the molecule is CC(=O)O.Cn1c(COc2ccc(Nc3c(Cl)cccc3Cl)cc2)nc2ccccc21. The first kappa shape index (κ1) is 22.5. The number of aliphatic carboxylic acids is 1. The number of fused-ring (bicyclic) bond motifs is 1. The van der Waals surface area contributed by atoms with Crippen LogP contribution in [0.25, 0.3) is 11.0 Å². The second kappa shape index (κ2) is 10.2. The summed E-state index contributed by atoms with van der Waals surface area (Å²) in [4.78, 5) is 13.6. The number of nitrogens with one attached hydrogen (secondary N) is 1. The lowest BCUT2D eigenvalue weighted by atomic mass is 10.2. The molecular formula is C23H21Cl2N3O3. The predicted octanol–water partition coefficient (Wildman–Crippen LogP) is 6.29. The number of rotatable bonds is 5. The number of carboxylic acids is 1. The molecular weight excluding hydrogens is 437 g/mol. The molecule has 0 aliphatic rings. The summed E-state index contributed by atoms with van der Waals surface area (Å²) in [5, 5.41) is 11.8. The molecule has 0 radical (unpaired) electrons. The molecule has 1 heterocycles. The summed E-state index contributed by atoms with van der Waals surface area (Å²) >= 11 is 12.4. The number of ether oxygens (including phenoxy) is 1. The fourth-order valence-corrected chi connectivity index (χ4v) is 3.36. The molecule has 0 bridgehead atoms. The van der Waals surface area contributed by atoms with E-state index in [4.69, 9.17) is 37.8 Å². The highest BCUT2D eigenvalue weighted by atomic mass is 35.5. The minimum absolute atomic E-state index is 0.397. The maximum absolute atomic E-state index is 9.00. The van der Waals surface area contributed by atoms with Crippen LogP contribution < -0.4 is 10.1 Å². The summed E-state index contributed by atoms with van der Waals surface area (Å²) in [6.45, 7) is 1.48. The van der Waals surface area contributed by atoms with Gasteiger partial charge in [-0.25, -0.2) is 4.98 Å². The van der Waals surface area contributed by atoms with Gasteiger partial charge in [-0.2, -0.15) is 0 Å². The maximum Gasteiger partial charge on any atom is 0.300 e. The molecule has 31 heavy (non-hydrogen) atoms. The minimum atomic E-state index is -0.833. The summed E-state index contributed by atoms with van der Waals surface area (Å²) in [5.41, 5.74) is 3.62. The Morgan fingerprint density at radius 1 is 1.03 bits per heavy atom. The molecule has 3 aromatic carbocycles. The van der Waals surface area contributed by atoms with Gasteiger partial charge in [0.15, 0.2) is 0 Å². The number of aromatic nitrogens is 2. The van der Waals surface area contributed by atoms with Crippen molar-refractivity contribution in [3.05, 3.63) is 82.6 Å². The molecule has 0 aliphatic carbocycles. The number of anilines is 2. The zero-order chi connectivity index (χ0) is 22.4. The van der Waals surface area contributed by atoms with Crippen LogP contribution in [-0.4, -0.2) is 20.6 Å². The summed E-state index contributed by atoms with van der Waals surface area (Å²) in [7, 11) is 1.99. The van der Waals surface area contributed by atoms with Crippen LogP contribution in [0.15, 0.2) is 66.7 Å². The zero-order valence-corrected chi connectivity index (χ0v) is 18.5. The van der Waals surface area contributed by atoms with Crippen molar-refractivity contribution in [2.45, 2.75) is 13.5 Å². The summed E-state index contributed by atoms with van der Waals surface area (Å²) in [6, 6.07) is 21.1. The highest BCUT2D eigenvalue weighted by Crippen LogP contribution is 2.33. The third-order valence-corrected chi connectivity index (χ3v) is 4.96. The standard InChI is InChI=1S/C21H17Cl2N3O.C2H4O2/c1-26-19-8-3-2-7-18(19)25-20(26)13-27-15-11-9-14(10-12-15)24-21-16(22)5-4-6-17(21)23;1-2(3)4/h2-12,24H,13H2,1H3;1H3,(H,3,4). The fraction of sp³-hybridized carbons (Fsp3) is 0.130. The van der Waals surface area contributed by atoms with Gasteiger partial charge in [0.2, 0.25) is 0 Å². The number of nitrogens with zero attached hydrogens (tertiary/aromatic N) is 2. The van der Waals surface area contributed by atoms with E-state index in [0.29, 0.717) is 22.3 Å². The average molecular weight is 458 g/mol. The minimum Gasteiger partial charge on any atom is -0.486 e. The molecule has 8 heteroatoms. The van der Waals surface area contributed by atoms with Gasteiger partial charge >= 0.3 is 0 Å². The lowest BCUT2D eigenvalue weighted by Crippen LogP contribution is -2.03. The Morgan fingerprint density at radius 3 is 2.26 bits per heavy atom. The molecule has 0 unspecified atom stereocenters. The van der Waals surface area contributed by atoms with E-state index in [2.05, 4.69) is 10.3 Å². The van der Waals surface area contributed by atoms with Crippen LogP contribution in [0, 0.1) is 0 Å². The van der Waals surface area contributed by atoms with Gasteiger partial charge in [-0.15, -0.1) is 0 Å². The number of carbonyl (C=O) groups is 1. The lowest BCUT2D eigenvalue weighted by Gasteiger charge is -2.11. The Kier molecular flexibility index (Phi) is 7.39. The van der Waals surface area contributed by atoms with Crippen molar-refractivity contribution in [3.8, 4) is 5.75 Å². The van der Waals surface area contributed by atoms with Crippen molar-refractivity contribution in [2.24, 2.45) is 7.05 Å². The van der Waals surface area contributed by atoms with Crippen LogP contribution in [0.2, 0.25) is 10.0 Å². The molecule has 0 amide bonds. The number of benzene rings is 3. The van der Waals surface area contributed by atoms with Gasteiger partial charge in [-0.05, 0) is 48.5 Å². The Bertz CT molecular complexity index is 1170. The molecule has 2 N–H and O–H groups in total. The summed E-state index contributed by atoms with van der Waals surface area (Å²) in [6.07, 6.45) is 0. The first-order valence-corrected chi connectivity index (χ1v) is 10.1. The highest BCUT2D eigenvalue weighted by molar-refractivity contribution is 6.39. The molecule has 0 aliphatic heterocycles. The molecule has 0 atom stereocenters. The van der Waals surface area contributed by atoms with Crippen LogP contribution in [0.4, 0.5) is 11.4 Å². The largest absolute Gasteiger partial charge is 0.486 e. The number of para-hydroxylation sites is 3. The quantitative estimate of drug-likeness (QED) is 0.367. The molecule has 6 nitrogen and oxygen atoms in total. The van der Waals surface area contributed by atoms with E-state index < -0.39 is 5.97 Å². The third-order valence-electron chi connectivity index (χ3n) is 4.33. The molecule has 0 saturated heterocycles. The number of hydrogen-bond donors (Lipinski definition) is 2. The van der Waals surface area contributed by atoms with Crippen LogP contribution in [0.3, 0.4) is 0 Å². The van der Waals surface area contributed by atoms with Crippen molar-refractivity contribution in [2.75, 3.05) is 5.32 Å². The molecule has 4 rings (SSSR count). The average Bonchev–Trinajstić information content (AvgIpc) is 3.06. The van der Waals surface area contributed by atoms with Gasteiger partial charge < -0.3 is 19.7 Å². The zero-order valence-electron chi connectivity index (χ0n) is 17.0. The molecule has 1 aromatic heterocycles. The van der Waals surface area contributed by atoms with Crippen molar-refractivity contribution < 1.29 is 14.6 Å². The Labute approximate surface area is 190 Å². The number of aryl methyl sites for hydroxylation is 1. The van der Waals surface area contributed by atoms with Gasteiger partial charge in [0.05, 0.1) is 26.8 Å².